The van der Waals surface area contributed by atoms with E-state index in [4.69, 9.17) is 20.5 Å². The average molecular weight is 388 g/mol. The highest BCUT2D eigenvalue weighted by molar-refractivity contribution is 7.80. The molecule has 144 valence electrons. The van der Waals surface area contributed by atoms with Gasteiger partial charge in [-0.05, 0) is 24.7 Å². The van der Waals surface area contributed by atoms with Crippen molar-refractivity contribution in [3.05, 3.63) is 17.5 Å². The van der Waals surface area contributed by atoms with Crippen LogP contribution >= 0.6 is 0 Å². The Bertz CT molecular complexity index is 880. The van der Waals surface area contributed by atoms with Crippen LogP contribution in [-0.2, 0) is 21.2 Å². The molecule has 13 heteroatoms. The lowest BCUT2D eigenvalue weighted by atomic mass is 9.84. The van der Waals surface area contributed by atoms with Gasteiger partial charge in [-0.1, -0.05) is 5.16 Å². The lowest BCUT2D eigenvalue weighted by molar-refractivity contribution is -0.0527. The lowest BCUT2D eigenvalue weighted by Crippen LogP contribution is -2.43. The largest absolute Gasteiger partial charge is 0.418 e. The van der Waals surface area contributed by atoms with E-state index in [0.717, 1.165) is 17.9 Å². The minimum absolute atomic E-state index is 0. The summed E-state index contributed by atoms with van der Waals surface area (Å²) in [6, 6.07) is 0.233. The van der Waals surface area contributed by atoms with Gasteiger partial charge in [-0.2, -0.15) is 13.5 Å². The van der Waals surface area contributed by atoms with Crippen LogP contribution in [0.4, 0.5) is 4.79 Å². The van der Waals surface area contributed by atoms with Gasteiger partial charge in [0.2, 0.25) is 0 Å². The number of rotatable bonds is 5. The van der Waals surface area contributed by atoms with Crippen molar-refractivity contribution in [3.63, 3.8) is 0 Å². The zero-order valence-electron chi connectivity index (χ0n) is 13.6. The van der Waals surface area contributed by atoms with E-state index in [1.807, 2.05) is 0 Å². The summed E-state index contributed by atoms with van der Waals surface area (Å²) in [6.07, 6.45) is 2.27. The number of amides is 2. The van der Waals surface area contributed by atoms with Gasteiger partial charge < -0.3 is 20.9 Å². The molecule has 0 aromatic carbocycles. The third-order valence-corrected chi connectivity index (χ3v) is 5.52. The molecule has 2 saturated heterocycles. The molecule has 26 heavy (non-hydrogen) atoms. The van der Waals surface area contributed by atoms with Crippen LogP contribution < -0.4 is 11.5 Å². The Labute approximate surface area is 150 Å². The molecule has 1 aliphatic carbocycles. The molecule has 1 aromatic rings. The van der Waals surface area contributed by atoms with Crippen LogP contribution in [0.15, 0.2) is 15.6 Å². The van der Waals surface area contributed by atoms with Crippen LogP contribution in [0, 0.1) is 5.41 Å². The van der Waals surface area contributed by atoms with Gasteiger partial charge in [0.15, 0.2) is 11.7 Å². The number of urea groups is 1. The number of aliphatic imine (C=N–C) groups is 1. The third kappa shape index (κ3) is 2.87. The summed E-state index contributed by atoms with van der Waals surface area (Å²) >= 11 is 0. The number of carbonyl (C=O) groups excluding carboxylic acids is 1. The monoisotopic (exact) mass is 388 g/mol. The second-order valence-electron chi connectivity index (χ2n) is 6.82. The fourth-order valence-electron chi connectivity index (χ4n) is 3.81. The van der Waals surface area contributed by atoms with Gasteiger partial charge in [0.1, 0.15) is 12.2 Å². The smallest absolute Gasteiger partial charge is 0.370 e. The van der Waals surface area contributed by atoms with Crippen LogP contribution in [0.2, 0.25) is 0 Å². The third-order valence-electron chi connectivity index (χ3n) is 5.17. The Morgan fingerprint density at radius 1 is 1.54 bits per heavy atom. The number of piperidine rings is 1. The molecule has 3 heterocycles. The van der Waals surface area contributed by atoms with E-state index in [2.05, 4.69) is 14.4 Å². The summed E-state index contributed by atoms with van der Waals surface area (Å²) in [5, 5.41) is 4.78. The Hall–Kier alpha value is -2.38. The maximum Gasteiger partial charge on any atom is 0.418 e. The van der Waals surface area contributed by atoms with Crippen LogP contribution in [-0.4, -0.2) is 52.7 Å². The molecular weight excluding hydrogens is 368 g/mol. The predicted molar refractivity (Wildman–Crippen MR) is 87.5 cm³/mol. The minimum atomic E-state index is -4.79. The van der Waals surface area contributed by atoms with Gasteiger partial charge >= 0.3 is 16.4 Å². The molecule has 2 amide bonds. The van der Waals surface area contributed by atoms with Crippen molar-refractivity contribution in [2.75, 3.05) is 6.54 Å². The van der Waals surface area contributed by atoms with Crippen LogP contribution in [0.3, 0.4) is 0 Å². The van der Waals surface area contributed by atoms with Gasteiger partial charge in [0, 0.05) is 14.0 Å². The Balaban J connectivity index is 0.00000210. The molecule has 2 aliphatic heterocycles. The number of guanidine groups is 1. The van der Waals surface area contributed by atoms with Gasteiger partial charge in [-0.3, -0.25) is 4.55 Å². The van der Waals surface area contributed by atoms with Crippen molar-refractivity contribution in [2.45, 2.75) is 37.9 Å². The second kappa shape index (κ2) is 5.56. The van der Waals surface area contributed by atoms with E-state index < -0.39 is 22.5 Å². The number of hydrogen-bond acceptors (Lipinski definition) is 7. The first-order valence-corrected chi connectivity index (χ1v) is 9.33. The summed E-state index contributed by atoms with van der Waals surface area (Å²) in [5.41, 5.74) is 10.9. The van der Waals surface area contributed by atoms with E-state index in [1.165, 1.54) is 4.90 Å². The normalized spacial score (nSPS) is 26.4. The Morgan fingerprint density at radius 2 is 2.27 bits per heavy atom. The topological polar surface area (TPSA) is 178 Å². The minimum Gasteiger partial charge on any atom is -0.370 e. The van der Waals surface area contributed by atoms with Crippen molar-refractivity contribution in [2.24, 2.45) is 21.9 Å². The Morgan fingerprint density at radius 3 is 2.88 bits per heavy atom. The molecule has 0 unspecified atom stereocenters. The molecule has 0 radical (unpaired) electrons. The highest BCUT2D eigenvalue weighted by Gasteiger charge is 2.64. The molecule has 4 rings (SSSR count). The molecule has 3 aliphatic rings. The van der Waals surface area contributed by atoms with Gasteiger partial charge in [-0.15, -0.1) is 4.28 Å². The number of hydrogen-bond donors (Lipinski definition) is 3. The maximum absolute atomic E-state index is 12.6. The molecule has 2 bridgehead atoms. The van der Waals surface area contributed by atoms with Gasteiger partial charge in [0.25, 0.3) is 0 Å². The number of aromatic nitrogens is 1. The predicted octanol–water partition coefficient (Wildman–Crippen LogP) is -0.240. The van der Waals surface area contributed by atoms with E-state index in [1.54, 1.807) is 6.07 Å². The van der Waals surface area contributed by atoms with Crippen molar-refractivity contribution in [3.8, 4) is 0 Å². The maximum atomic E-state index is 12.6. The van der Waals surface area contributed by atoms with E-state index in [9.17, 15) is 13.2 Å². The van der Waals surface area contributed by atoms with Crippen molar-refractivity contribution in [1.29, 1.82) is 0 Å². The summed E-state index contributed by atoms with van der Waals surface area (Å²) in [7, 11) is -4.79. The number of hydroxylamine groups is 2. The highest BCUT2D eigenvalue weighted by atomic mass is 32.3. The van der Waals surface area contributed by atoms with Crippen LogP contribution in [0.1, 0.15) is 38.2 Å². The van der Waals surface area contributed by atoms with Gasteiger partial charge in [-0.25, -0.2) is 9.79 Å². The lowest BCUT2D eigenvalue weighted by Gasteiger charge is -2.35. The molecule has 1 spiro atoms. The molecule has 5 N–H and O–H groups in total. The number of carbonyl (C=O) groups is 1. The summed E-state index contributed by atoms with van der Waals surface area (Å²) in [4.78, 5) is 17.9. The number of nitrogens with zero attached hydrogens (tertiary/aromatic N) is 4. The fourth-order valence-corrected chi connectivity index (χ4v) is 4.18. The first-order valence-electron chi connectivity index (χ1n) is 7.96. The zero-order valence-corrected chi connectivity index (χ0v) is 14.4. The molecule has 3 fully saturated rings. The van der Waals surface area contributed by atoms with Crippen LogP contribution in [0.25, 0.3) is 0 Å². The van der Waals surface area contributed by atoms with E-state index in [-0.39, 0.29) is 31.9 Å². The van der Waals surface area contributed by atoms with E-state index in [0.29, 0.717) is 17.9 Å². The van der Waals surface area contributed by atoms with E-state index >= 15 is 0 Å². The average Bonchev–Trinajstić information content (AvgIpc) is 3.05. The Kier molecular flexibility index (Phi) is 3.65. The van der Waals surface area contributed by atoms with Crippen molar-refractivity contribution >= 4 is 22.4 Å². The molecule has 1 saturated carbocycles. The summed E-state index contributed by atoms with van der Waals surface area (Å²) < 4.78 is 40.9. The van der Waals surface area contributed by atoms with Gasteiger partial charge in [0.05, 0.1) is 12.1 Å². The molecule has 12 nitrogen and oxygen atoms in total. The molecule has 2 atom stereocenters. The first-order chi connectivity index (χ1) is 12.2. The van der Waals surface area contributed by atoms with Crippen molar-refractivity contribution in [1.82, 2.24) is 15.1 Å². The zero-order chi connectivity index (χ0) is 18.7. The highest BCUT2D eigenvalue weighted by Crippen LogP contribution is 2.61. The standard InChI is InChI=1S/C13H18N6O6S.H2/c14-11(15)16-5-7-3-8(17-24-7)9-4-13(1-2-13)10-6-18(9)12(20)19(10)25-26(21,22)23;/h3,9-10H,1-2,4-6H2,(H4,14,15,16)(H,21,22,23);1H/t9-,10-;/m0./s1. The second-order valence-corrected chi connectivity index (χ2v) is 7.82. The summed E-state index contributed by atoms with van der Waals surface area (Å²) in [5.74, 6) is 0.367. The number of nitrogens with two attached hydrogens (primary N) is 2. The number of fused-ring (bicyclic) bond motifs is 3. The molecule has 1 aromatic heterocycles. The SMILES string of the molecule is NC(N)=NCc1cc([C@@H]2CC3(CC3)[C@@H]3CN2C(=O)N3OS(=O)(=O)O)no1.[HH]. The molecular formula is C13H20N6O6S. The summed E-state index contributed by atoms with van der Waals surface area (Å²) in [6.45, 7) is 0.414. The quantitative estimate of drug-likeness (QED) is 0.349. The fraction of sp³-hybridized carbons (Fsp3) is 0.615. The first kappa shape index (κ1) is 17.1. The van der Waals surface area contributed by atoms with Crippen LogP contribution in [0.5, 0.6) is 0 Å². The van der Waals surface area contributed by atoms with Crippen molar-refractivity contribution < 1.29 is 28.0 Å².